The van der Waals surface area contributed by atoms with Crippen LogP contribution in [0.4, 0.5) is 5.82 Å². The van der Waals surface area contributed by atoms with Crippen LogP contribution in [-0.4, -0.2) is 63.8 Å². The lowest BCUT2D eigenvalue weighted by Gasteiger charge is -2.38. The Kier molecular flexibility index (Phi) is 9.24. The van der Waals surface area contributed by atoms with E-state index in [1.165, 1.54) is 5.56 Å². The van der Waals surface area contributed by atoms with Crippen LogP contribution >= 0.6 is 23.5 Å². The van der Waals surface area contributed by atoms with Crippen LogP contribution in [0, 0.1) is 6.92 Å². The third kappa shape index (κ3) is 6.11. The molecule has 2 fully saturated rings. The summed E-state index contributed by atoms with van der Waals surface area (Å²) in [6.07, 6.45) is 3.83. The largest absolute Gasteiger partial charge is 0.350 e. The monoisotopic (exact) mass is 572 g/mol. The second-order valence-electron chi connectivity index (χ2n) is 9.67. The van der Waals surface area contributed by atoms with Gasteiger partial charge in [0.05, 0.1) is 35.2 Å². The smallest absolute Gasteiger partial charge is 0.251 e. The molecule has 0 radical (unpaired) electrons. The van der Waals surface area contributed by atoms with Crippen LogP contribution in [0.1, 0.15) is 35.5 Å². The maximum absolute atomic E-state index is 12.8. The molecule has 4 aromatic rings. The van der Waals surface area contributed by atoms with Crippen molar-refractivity contribution in [2.24, 2.45) is 0 Å². The molecule has 2 N–H and O–H groups in total. The maximum Gasteiger partial charge on any atom is 0.251 e. The quantitative estimate of drug-likeness (QED) is 0.290. The van der Waals surface area contributed by atoms with Gasteiger partial charge in [0.25, 0.3) is 5.91 Å². The average Bonchev–Trinajstić information content (AvgIpc) is 3.50. The first-order valence-corrected chi connectivity index (χ1v) is 16.2. The molecule has 1 aromatic carbocycles. The number of hydrogen-bond donors (Lipinski definition) is 2. The summed E-state index contributed by atoms with van der Waals surface area (Å²) in [6, 6.07) is 19.0. The number of rotatable bonds is 6. The minimum atomic E-state index is -0.110. The maximum atomic E-state index is 12.8. The van der Waals surface area contributed by atoms with E-state index in [4.69, 9.17) is 9.97 Å². The molecule has 2 unspecified atom stereocenters. The summed E-state index contributed by atoms with van der Waals surface area (Å²) < 4.78 is 0. The number of thioether (sulfide) groups is 2. The Morgan fingerprint density at radius 3 is 2.80 bits per heavy atom. The van der Waals surface area contributed by atoms with Gasteiger partial charge < -0.3 is 15.5 Å². The Morgan fingerprint density at radius 2 is 1.95 bits per heavy atom. The number of carbonyl (C=O) groups excluding carboxylic acids is 1. The van der Waals surface area contributed by atoms with E-state index in [-0.39, 0.29) is 5.91 Å². The number of pyridine rings is 3. The first-order valence-electron chi connectivity index (χ1n) is 13.8. The van der Waals surface area contributed by atoms with Crippen LogP contribution in [-0.2, 0) is 6.54 Å². The van der Waals surface area contributed by atoms with Gasteiger partial charge in [-0.05, 0) is 61.2 Å². The van der Waals surface area contributed by atoms with E-state index in [0.29, 0.717) is 24.2 Å². The zero-order valence-electron chi connectivity index (χ0n) is 23.5. The fourth-order valence-corrected chi connectivity index (χ4v) is 7.14. The van der Waals surface area contributed by atoms with E-state index in [1.54, 1.807) is 11.8 Å². The van der Waals surface area contributed by atoms with Gasteiger partial charge in [-0.15, -0.1) is 11.8 Å². The van der Waals surface area contributed by atoms with Crippen LogP contribution in [0.5, 0.6) is 0 Å². The summed E-state index contributed by atoms with van der Waals surface area (Å²) >= 11 is 3.65. The molecule has 40 heavy (non-hydrogen) atoms. The fraction of sp³-hybridized carbons (Fsp3) is 0.355. The summed E-state index contributed by atoms with van der Waals surface area (Å²) in [7, 11) is 0. The molecule has 0 saturated carbocycles. The van der Waals surface area contributed by atoms with Crippen molar-refractivity contribution >= 4 is 46.2 Å². The van der Waals surface area contributed by atoms with Crippen molar-refractivity contribution in [3.63, 3.8) is 0 Å². The van der Waals surface area contributed by atoms with E-state index < -0.39 is 0 Å². The predicted molar refractivity (Wildman–Crippen MR) is 168 cm³/mol. The number of piperazine rings is 1. The van der Waals surface area contributed by atoms with Crippen molar-refractivity contribution in [1.82, 2.24) is 25.6 Å². The van der Waals surface area contributed by atoms with E-state index in [0.717, 1.165) is 63.3 Å². The molecule has 0 bridgehead atoms. The molecular formula is C31H36N6OS2. The third-order valence-corrected chi connectivity index (χ3v) is 9.28. The Balaban J connectivity index is 0.00000158. The number of carbonyl (C=O) groups is 1. The topological polar surface area (TPSA) is 83.0 Å². The summed E-state index contributed by atoms with van der Waals surface area (Å²) in [6.45, 7) is 8.33. The van der Waals surface area contributed by atoms with Crippen LogP contribution in [0.3, 0.4) is 0 Å². The van der Waals surface area contributed by atoms with Gasteiger partial charge in [0.1, 0.15) is 5.82 Å². The number of amides is 1. The number of anilines is 1. The molecule has 5 heterocycles. The van der Waals surface area contributed by atoms with Gasteiger partial charge >= 0.3 is 0 Å². The highest BCUT2D eigenvalue weighted by Crippen LogP contribution is 2.30. The van der Waals surface area contributed by atoms with Crippen LogP contribution in [0.15, 0.2) is 65.7 Å². The fourth-order valence-electron chi connectivity index (χ4n) is 5.12. The van der Waals surface area contributed by atoms with Gasteiger partial charge in [-0.1, -0.05) is 26.0 Å². The van der Waals surface area contributed by atoms with Crippen molar-refractivity contribution in [3.8, 4) is 11.4 Å². The lowest BCUT2D eigenvalue weighted by atomic mass is 10.1. The number of aryl methyl sites for hydroxylation is 1. The molecule has 9 heteroatoms. The van der Waals surface area contributed by atoms with Crippen LogP contribution in [0.2, 0.25) is 0 Å². The Hall–Kier alpha value is -3.14. The van der Waals surface area contributed by atoms with Gasteiger partial charge in [-0.3, -0.25) is 9.78 Å². The van der Waals surface area contributed by atoms with Gasteiger partial charge in [0.2, 0.25) is 0 Å². The molecule has 3 aromatic heterocycles. The number of fused-ring (bicyclic) bond motifs is 2. The number of benzene rings is 1. The highest BCUT2D eigenvalue weighted by atomic mass is 32.2. The van der Waals surface area contributed by atoms with Gasteiger partial charge in [0, 0.05) is 52.7 Å². The molecule has 6 rings (SSSR count). The van der Waals surface area contributed by atoms with Crippen molar-refractivity contribution in [2.45, 2.75) is 44.3 Å². The molecule has 0 spiro atoms. The molecular weight excluding hydrogens is 537 g/mol. The molecule has 2 atom stereocenters. The van der Waals surface area contributed by atoms with Gasteiger partial charge in [-0.25, -0.2) is 9.97 Å². The molecule has 2 saturated heterocycles. The normalized spacial score (nSPS) is 18.1. The van der Waals surface area contributed by atoms with Crippen molar-refractivity contribution < 1.29 is 4.79 Å². The second-order valence-corrected chi connectivity index (χ2v) is 11.6. The lowest BCUT2D eigenvalue weighted by molar-refractivity contribution is 0.0950. The summed E-state index contributed by atoms with van der Waals surface area (Å²) in [5, 5.41) is 7.60. The van der Waals surface area contributed by atoms with Crippen molar-refractivity contribution in [3.05, 3.63) is 77.6 Å². The third-order valence-electron chi connectivity index (χ3n) is 7.23. The van der Waals surface area contributed by atoms with Crippen molar-refractivity contribution in [1.29, 1.82) is 0 Å². The molecule has 2 aliphatic heterocycles. The van der Waals surface area contributed by atoms with Gasteiger partial charge in [-0.2, -0.15) is 11.8 Å². The zero-order valence-corrected chi connectivity index (χ0v) is 25.1. The molecule has 2 aliphatic rings. The number of nitrogens with one attached hydrogen (secondary N) is 2. The first-order chi connectivity index (χ1) is 19.6. The van der Waals surface area contributed by atoms with Gasteiger partial charge in [0.15, 0.2) is 0 Å². The van der Waals surface area contributed by atoms with Crippen LogP contribution in [0.25, 0.3) is 22.3 Å². The van der Waals surface area contributed by atoms with E-state index in [2.05, 4.69) is 39.6 Å². The van der Waals surface area contributed by atoms with Crippen molar-refractivity contribution in [2.75, 3.05) is 35.8 Å². The van der Waals surface area contributed by atoms with E-state index in [1.807, 2.05) is 80.5 Å². The summed E-state index contributed by atoms with van der Waals surface area (Å²) in [5.41, 5.74) is 5.11. The Bertz CT molecular complexity index is 1500. The lowest BCUT2D eigenvalue weighted by Crippen LogP contribution is -2.57. The second kappa shape index (κ2) is 13.0. The SMILES string of the molecule is CC.CSc1cc(C(=O)NCc2cc3nc(-c4cccc(N5CCNC6CSCC65)n4)ccc3cn2)ccc1C. The Morgan fingerprint density at radius 1 is 1.10 bits per heavy atom. The van der Waals surface area contributed by atoms with E-state index in [9.17, 15) is 4.79 Å². The standard InChI is InChI=1S/C29H30N6OS2.C2H6/c1-18-6-7-19(12-27(18)37-2)29(36)32-15-21-13-24-20(14-31-21)8-9-23(33-24)22-4-3-5-28(34-22)35-11-10-30-25-16-38-17-26(25)35;1-2/h3-9,12-14,25-26,30H,10-11,15-17H2,1-2H3,(H,32,36);1-2H3. The van der Waals surface area contributed by atoms with E-state index >= 15 is 0 Å². The number of hydrogen-bond acceptors (Lipinski definition) is 8. The zero-order chi connectivity index (χ0) is 28.1. The molecule has 1 amide bonds. The number of aromatic nitrogens is 3. The molecule has 7 nitrogen and oxygen atoms in total. The molecule has 208 valence electrons. The Labute approximate surface area is 245 Å². The minimum absolute atomic E-state index is 0.110. The first kappa shape index (κ1) is 28.4. The molecule has 0 aliphatic carbocycles. The average molecular weight is 573 g/mol. The number of nitrogens with zero attached hydrogens (tertiary/aromatic N) is 4. The highest BCUT2D eigenvalue weighted by molar-refractivity contribution is 7.99. The van der Waals surface area contributed by atoms with Crippen LogP contribution < -0.4 is 15.5 Å². The highest BCUT2D eigenvalue weighted by Gasteiger charge is 2.36. The summed E-state index contributed by atoms with van der Waals surface area (Å²) in [4.78, 5) is 30.8. The minimum Gasteiger partial charge on any atom is -0.350 e. The summed E-state index contributed by atoms with van der Waals surface area (Å²) in [5.74, 6) is 3.20. The predicted octanol–water partition coefficient (Wildman–Crippen LogP) is 5.57.